The summed E-state index contributed by atoms with van der Waals surface area (Å²) in [5.41, 5.74) is 1.98. The van der Waals surface area contributed by atoms with Crippen LogP contribution in [0.1, 0.15) is 5.56 Å². The van der Waals surface area contributed by atoms with Gasteiger partial charge in [0.25, 0.3) is 5.91 Å². The van der Waals surface area contributed by atoms with E-state index in [4.69, 9.17) is 4.74 Å². The maximum absolute atomic E-state index is 12.8. The van der Waals surface area contributed by atoms with Crippen molar-refractivity contribution < 1.29 is 26.4 Å². The number of hydrogen-bond acceptors (Lipinski definition) is 6. The molecule has 1 heterocycles. The number of amides is 1. The molecule has 0 bridgehead atoms. The fourth-order valence-corrected chi connectivity index (χ4v) is 4.41. The molecule has 1 amide bonds. The van der Waals surface area contributed by atoms with E-state index in [0.29, 0.717) is 22.8 Å². The molecule has 0 aliphatic carbocycles. The molecule has 162 valence electrons. The third kappa shape index (κ3) is 4.68. The Morgan fingerprint density at radius 2 is 1.83 bits per heavy atom. The standard InChI is InChI=1S/C19H23N3O6S2/c1-13-8-9-17-16(10-13)22(30(4,26)27)12-18(28-17)19(23)20-14-6-5-7-15(11-14)21(2)29(3,24)25/h5-11,18H,12H2,1-4H3,(H,20,23)/t18-/m0/s1. The second-order valence-corrected chi connectivity index (χ2v) is 11.1. The minimum absolute atomic E-state index is 0.177. The zero-order valence-electron chi connectivity index (χ0n) is 17.0. The summed E-state index contributed by atoms with van der Waals surface area (Å²) >= 11 is 0. The van der Waals surface area contributed by atoms with Crippen molar-refractivity contribution in [3.8, 4) is 5.75 Å². The smallest absolute Gasteiger partial charge is 0.267 e. The third-order valence-corrected chi connectivity index (χ3v) is 7.00. The van der Waals surface area contributed by atoms with Crippen molar-refractivity contribution in [1.29, 1.82) is 0 Å². The average molecular weight is 454 g/mol. The van der Waals surface area contributed by atoms with Gasteiger partial charge in [0.05, 0.1) is 30.4 Å². The first kappa shape index (κ1) is 21.9. The number of carbonyl (C=O) groups excluding carboxylic acids is 1. The molecule has 11 heteroatoms. The van der Waals surface area contributed by atoms with Crippen LogP contribution in [0, 0.1) is 6.92 Å². The van der Waals surface area contributed by atoms with E-state index in [1.165, 1.54) is 13.1 Å². The topological polar surface area (TPSA) is 113 Å². The van der Waals surface area contributed by atoms with Crippen molar-refractivity contribution in [2.24, 2.45) is 0 Å². The van der Waals surface area contributed by atoms with Crippen molar-refractivity contribution >= 4 is 43.0 Å². The second-order valence-electron chi connectivity index (χ2n) is 7.14. The second kappa shape index (κ2) is 7.80. The van der Waals surface area contributed by atoms with Gasteiger partial charge in [0.1, 0.15) is 5.75 Å². The first-order valence-corrected chi connectivity index (χ1v) is 12.7. The number of aryl methyl sites for hydroxylation is 1. The van der Waals surface area contributed by atoms with E-state index >= 15 is 0 Å². The minimum Gasteiger partial charge on any atom is -0.476 e. The Kier molecular flexibility index (Phi) is 5.70. The van der Waals surface area contributed by atoms with Crippen LogP contribution < -0.4 is 18.7 Å². The van der Waals surface area contributed by atoms with E-state index < -0.39 is 32.1 Å². The van der Waals surface area contributed by atoms with Gasteiger partial charge in [0, 0.05) is 12.7 Å². The summed E-state index contributed by atoms with van der Waals surface area (Å²) in [4.78, 5) is 12.8. The number of benzene rings is 2. The molecule has 0 aromatic heterocycles. The van der Waals surface area contributed by atoms with Gasteiger partial charge in [-0.2, -0.15) is 0 Å². The Bertz CT molecular complexity index is 1190. The molecule has 2 aromatic carbocycles. The molecule has 0 radical (unpaired) electrons. The Hall–Kier alpha value is -2.79. The Morgan fingerprint density at radius 1 is 1.13 bits per heavy atom. The highest BCUT2D eigenvalue weighted by molar-refractivity contribution is 7.92. The molecule has 1 N–H and O–H groups in total. The lowest BCUT2D eigenvalue weighted by Crippen LogP contribution is -2.48. The molecule has 0 saturated heterocycles. The molecule has 9 nitrogen and oxygen atoms in total. The van der Waals surface area contributed by atoms with E-state index in [1.807, 2.05) is 6.92 Å². The molecule has 2 aromatic rings. The van der Waals surface area contributed by atoms with Crippen LogP contribution in [0.4, 0.5) is 17.1 Å². The summed E-state index contributed by atoms with van der Waals surface area (Å²) in [6.07, 6.45) is 1.07. The van der Waals surface area contributed by atoms with Gasteiger partial charge in [0.2, 0.25) is 20.0 Å². The zero-order chi connectivity index (χ0) is 22.3. The number of ether oxygens (including phenoxy) is 1. The summed E-state index contributed by atoms with van der Waals surface area (Å²) < 4.78 is 56.0. The van der Waals surface area contributed by atoms with Crippen molar-refractivity contribution in [1.82, 2.24) is 0 Å². The number of sulfonamides is 2. The molecule has 1 aliphatic rings. The summed E-state index contributed by atoms with van der Waals surface area (Å²) in [5, 5.41) is 2.67. The molecule has 1 atom stereocenters. The number of carbonyl (C=O) groups is 1. The van der Waals surface area contributed by atoms with Gasteiger partial charge in [-0.3, -0.25) is 13.4 Å². The van der Waals surface area contributed by atoms with Gasteiger partial charge < -0.3 is 10.1 Å². The van der Waals surface area contributed by atoms with Crippen LogP contribution in [-0.2, 0) is 24.8 Å². The van der Waals surface area contributed by atoms with E-state index in [9.17, 15) is 21.6 Å². The first-order chi connectivity index (χ1) is 13.9. The number of fused-ring (bicyclic) bond motifs is 1. The molecule has 30 heavy (non-hydrogen) atoms. The van der Waals surface area contributed by atoms with Crippen molar-refractivity contribution in [2.75, 3.05) is 40.0 Å². The normalized spacial score (nSPS) is 16.4. The molecule has 1 aliphatic heterocycles. The number of nitrogens with one attached hydrogen (secondary N) is 1. The summed E-state index contributed by atoms with van der Waals surface area (Å²) in [6, 6.07) is 11.4. The quantitative estimate of drug-likeness (QED) is 0.735. The van der Waals surface area contributed by atoms with E-state index in [1.54, 1.807) is 36.4 Å². The third-order valence-electron chi connectivity index (χ3n) is 4.65. The maximum Gasteiger partial charge on any atom is 0.267 e. The van der Waals surface area contributed by atoms with Crippen LogP contribution in [0.3, 0.4) is 0 Å². The lowest BCUT2D eigenvalue weighted by Gasteiger charge is -2.34. The zero-order valence-corrected chi connectivity index (χ0v) is 18.6. The fourth-order valence-electron chi connectivity index (χ4n) is 3.01. The van der Waals surface area contributed by atoms with Gasteiger partial charge in [-0.1, -0.05) is 12.1 Å². The lowest BCUT2D eigenvalue weighted by molar-refractivity contribution is -0.122. The monoisotopic (exact) mass is 453 g/mol. The van der Waals surface area contributed by atoms with Gasteiger partial charge in [0.15, 0.2) is 6.10 Å². The van der Waals surface area contributed by atoms with Crippen LogP contribution in [-0.4, -0.2) is 55.0 Å². The summed E-state index contributed by atoms with van der Waals surface area (Å²) in [6.45, 7) is 1.66. The van der Waals surface area contributed by atoms with Crippen LogP contribution in [0.2, 0.25) is 0 Å². The number of nitrogens with zero attached hydrogens (tertiary/aromatic N) is 2. The van der Waals surface area contributed by atoms with Gasteiger partial charge >= 0.3 is 0 Å². The van der Waals surface area contributed by atoms with Crippen molar-refractivity contribution in [3.63, 3.8) is 0 Å². The van der Waals surface area contributed by atoms with Crippen LogP contribution in [0.25, 0.3) is 0 Å². The molecular formula is C19H23N3O6S2. The molecule has 0 unspecified atom stereocenters. The summed E-state index contributed by atoms with van der Waals surface area (Å²) in [5.74, 6) is -0.253. The first-order valence-electron chi connectivity index (χ1n) is 8.96. The van der Waals surface area contributed by atoms with Crippen LogP contribution in [0.15, 0.2) is 42.5 Å². The Balaban J connectivity index is 1.85. The highest BCUT2D eigenvalue weighted by atomic mass is 32.2. The van der Waals surface area contributed by atoms with Crippen LogP contribution >= 0.6 is 0 Å². The predicted octanol–water partition coefficient (Wildman–Crippen LogP) is 1.56. The van der Waals surface area contributed by atoms with Gasteiger partial charge in [-0.25, -0.2) is 16.8 Å². The largest absolute Gasteiger partial charge is 0.476 e. The number of rotatable bonds is 5. The highest BCUT2D eigenvalue weighted by Crippen LogP contribution is 2.36. The predicted molar refractivity (Wildman–Crippen MR) is 116 cm³/mol. The number of hydrogen-bond donors (Lipinski definition) is 1. The average Bonchev–Trinajstić information content (AvgIpc) is 2.65. The van der Waals surface area contributed by atoms with Gasteiger partial charge in [-0.05, 0) is 42.8 Å². The molecular weight excluding hydrogens is 430 g/mol. The summed E-state index contributed by atoms with van der Waals surface area (Å²) in [7, 11) is -5.68. The van der Waals surface area contributed by atoms with Crippen LogP contribution in [0.5, 0.6) is 5.75 Å². The molecule has 0 fully saturated rings. The van der Waals surface area contributed by atoms with E-state index in [0.717, 1.165) is 26.7 Å². The molecule has 0 saturated carbocycles. The fraction of sp³-hybridized carbons (Fsp3) is 0.316. The van der Waals surface area contributed by atoms with Gasteiger partial charge in [-0.15, -0.1) is 0 Å². The lowest BCUT2D eigenvalue weighted by atomic mass is 10.1. The van der Waals surface area contributed by atoms with Crippen molar-refractivity contribution in [2.45, 2.75) is 13.0 Å². The Morgan fingerprint density at radius 3 is 2.47 bits per heavy atom. The minimum atomic E-state index is -3.63. The molecule has 0 spiro atoms. The number of anilines is 3. The van der Waals surface area contributed by atoms with E-state index in [-0.39, 0.29) is 6.54 Å². The van der Waals surface area contributed by atoms with Crippen molar-refractivity contribution in [3.05, 3.63) is 48.0 Å². The molecule has 3 rings (SSSR count). The maximum atomic E-state index is 12.8. The SMILES string of the molecule is Cc1ccc2c(c1)N(S(C)(=O)=O)C[C@@H](C(=O)Nc1cccc(N(C)S(C)(=O)=O)c1)O2. The highest BCUT2D eigenvalue weighted by Gasteiger charge is 2.35. The van der Waals surface area contributed by atoms with E-state index in [2.05, 4.69) is 5.32 Å². The Labute approximate surface area is 176 Å².